The van der Waals surface area contributed by atoms with Gasteiger partial charge in [0.15, 0.2) is 5.58 Å². The first-order valence-electron chi connectivity index (χ1n) is 8.00. The van der Waals surface area contributed by atoms with Crippen LogP contribution in [0.25, 0.3) is 22.6 Å². The second kappa shape index (κ2) is 5.06. The number of aromatic nitrogens is 1. The summed E-state index contributed by atoms with van der Waals surface area (Å²) in [5.74, 6) is 0.603. The average molecular weight is 324 g/mol. The van der Waals surface area contributed by atoms with Gasteiger partial charge in [0.05, 0.1) is 5.69 Å². The molecule has 5 nitrogen and oxygen atoms in total. The van der Waals surface area contributed by atoms with Gasteiger partial charge in [-0.05, 0) is 64.1 Å². The molecule has 24 heavy (non-hydrogen) atoms. The summed E-state index contributed by atoms with van der Waals surface area (Å²) < 4.78 is 5.80. The number of anilines is 1. The van der Waals surface area contributed by atoms with E-state index in [0.717, 1.165) is 22.4 Å². The molecule has 0 unspecified atom stereocenters. The first-order valence-corrected chi connectivity index (χ1v) is 8.00. The van der Waals surface area contributed by atoms with Gasteiger partial charge in [0.25, 0.3) is 0 Å². The molecule has 124 valence electrons. The molecule has 1 aliphatic rings. The highest BCUT2D eigenvalue weighted by molar-refractivity contribution is 5.76. The van der Waals surface area contributed by atoms with Crippen molar-refractivity contribution in [3.05, 3.63) is 48.5 Å². The molecule has 3 aromatic rings. The van der Waals surface area contributed by atoms with Crippen LogP contribution < -0.4 is 5.23 Å². The fourth-order valence-electron chi connectivity index (χ4n) is 2.48. The zero-order valence-corrected chi connectivity index (χ0v) is 14.2. The summed E-state index contributed by atoms with van der Waals surface area (Å²) in [4.78, 5) is 16.3. The minimum atomic E-state index is -0.411. The first-order chi connectivity index (χ1) is 11.4. The summed E-state index contributed by atoms with van der Waals surface area (Å²) in [6, 6.07) is 15.5. The van der Waals surface area contributed by atoms with E-state index in [-0.39, 0.29) is 0 Å². The van der Waals surface area contributed by atoms with Gasteiger partial charge in [-0.15, -0.1) is 5.23 Å². The molecule has 0 N–H and O–H groups in total. The summed E-state index contributed by atoms with van der Waals surface area (Å²) in [6.07, 6.45) is 0. The largest absolute Gasteiger partial charge is 0.436 e. The third-order valence-corrected chi connectivity index (χ3v) is 4.69. The van der Waals surface area contributed by atoms with Crippen molar-refractivity contribution in [3.63, 3.8) is 0 Å². The molecule has 0 saturated carbocycles. The molecular weight excluding hydrogens is 304 g/mol. The number of rotatable bonds is 2. The highest BCUT2D eigenvalue weighted by atomic mass is 17.0. The van der Waals surface area contributed by atoms with E-state index in [0.29, 0.717) is 5.89 Å². The van der Waals surface area contributed by atoms with E-state index in [2.05, 4.69) is 4.98 Å². The predicted octanol–water partition coefficient (Wildman–Crippen LogP) is 4.74. The van der Waals surface area contributed by atoms with Crippen LogP contribution in [0.1, 0.15) is 27.7 Å². The fourth-order valence-corrected chi connectivity index (χ4v) is 2.48. The number of fused-ring (bicyclic) bond motifs is 1. The lowest BCUT2D eigenvalue weighted by Crippen LogP contribution is -2.41. The molecule has 0 amide bonds. The Labute approximate surface area is 140 Å². The highest BCUT2D eigenvalue weighted by Gasteiger charge is 2.50. The summed E-state index contributed by atoms with van der Waals surface area (Å²) in [6.45, 7) is 8.05. The summed E-state index contributed by atoms with van der Waals surface area (Å²) >= 11 is 0. The Bertz CT molecular complexity index is 832. The van der Waals surface area contributed by atoms with Gasteiger partial charge < -0.3 is 4.42 Å². The van der Waals surface area contributed by atoms with Crippen molar-refractivity contribution in [1.29, 1.82) is 0 Å². The summed E-state index contributed by atoms with van der Waals surface area (Å²) in [7, 11) is 0. The van der Waals surface area contributed by atoms with E-state index in [1.807, 2.05) is 76.2 Å². The Kier molecular flexibility index (Phi) is 3.20. The van der Waals surface area contributed by atoms with Crippen molar-refractivity contribution in [2.24, 2.45) is 0 Å². The second-order valence-electron chi connectivity index (χ2n) is 6.99. The molecule has 1 saturated heterocycles. The van der Waals surface area contributed by atoms with E-state index in [1.165, 1.54) is 5.23 Å². The van der Waals surface area contributed by atoms with Crippen LogP contribution in [0.4, 0.5) is 5.69 Å². The van der Waals surface area contributed by atoms with Gasteiger partial charge in [0, 0.05) is 5.56 Å². The number of nitrogens with zero attached hydrogens (tertiary/aromatic N) is 2. The predicted molar refractivity (Wildman–Crippen MR) is 92.3 cm³/mol. The van der Waals surface area contributed by atoms with Crippen molar-refractivity contribution in [1.82, 2.24) is 4.98 Å². The molecule has 2 heterocycles. The monoisotopic (exact) mass is 324 g/mol. The van der Waals surface area contributed by atoms with Crippen LogP contribution in [0.15, 0.2) is 52.9 Å². The Morgan fingerprint density at radius 2 is 1.46 bits per heavy atom. The van der Waals surface area contributed by atoms with Crippen molar-refractivity contribution in [2.45, 2.75) is 38.9 Å². The SMILES string of the molecule is CC1(C)ON(c2ccc(-c3nc4ccccc4o3)cc2)OC1(C)C. The van der Waals surface area contributed by atoms with E-state index in [4.69, 9.17) is 14.1 Å². The van der Waals surface area contributed by atoms with Crippen LogP contribution in [-0.4, -0.2) is 16.2 Å². The zero-order valence-electron chi connectivity index (χ0n) is 14.2. The molecule has 4 rings (SSSR count). The van der Waals surface area contributed by atoms with E-state index >= 15 is 0 Å². The van der Waals surface area contributed by atoms with Gasteiger partial charge in [-0.25, -0.2) is 14.7 Å². The third kappa shape index (κ3) is 2.37. The third-order valence-electron chi connectivity index (χ3n) is 4.69. The fraction of sp³-hybridized carbons (Fsp3) is 0.316. The molecule has 0 bridgehead atoms. The molecule has 0 aliphatic carbocycles. The number of hydrogen-bond donors (Lipinski definition) is 0. The maximum absolute atomic E-state index is 5.92. The smallest absolute Gasteiger partial charge is 0.227 e. The Morgan fingerprint density at radius 3 is 2.08 bits per heavy atom. The van der Waals surface area contributed by atoms with Gasteiger partial charge in [0.1, 0.15) is 16.7 Å². The van der Waals surface area contributed by atoms with Crippen molar-refractivity contribution in [2.75, 3.05) is 5.23 Å². The zero-order chi connectivity index (χ0) is 16.9. The molecule has 1 aliphatic heterocycles. The number of benzene rings is 2. The second-order valence-corrected chi connectivity index (χ2v) is 6.99. The first kappa shape index (κ1) is 15.2. The normalized spacial score (nSPS) is 19.1. The van der Waals surface area contributed by atoms with Crippen LogP contribution >= 0.6 is 0 Å². The molecule has 0 radical (unpaired) electrons. The number of hydrogen-bond acceptors (Lipinski definition) is 5. The van der Waals surface area contributed by atoms with Crippen LogP contribution in [-0.2, 0) is 9.68 Å². The minimum Gasteiger partial charge on any atom is -0.436 e. The molecule has 5 heteroatoms. The Balaban J connectivity index is 1.61. The van der Waals surface area contributed by atoms with Crippen LogP contribution in [0, 0.1) is 0 Å². The summed E-state index contributed by atoms with van der Waals surface area (Å²) in [5.41, 5.74) is 2.55. The number of para-hydroxylation sites is 2. The average Bonchev–Trinajstić information content (AvgIpc) is 3.06. The molecule has 0 atom stereocenters. The Morgan fingerprint density at radius 1 is 0.833 bits per heavy atom. The van der Waals surface area contributed by atoms with Crippen LogP contribution in [0.2, 0.25) is 0 Å². The standard InChI is InChI=1S/C19H20N2O3/c1-18(2)19(3,4)24-21(23-18)14-11-9-13(10-12-14)17-20-15-7-5-6-8-16(15)22-17/h5-12H,1-4H3. The summed E-state index contributed by atoms with van der Waals surface area (Å²) in [5, 5.41) is 1.48. The van der Waals surface area contributed by atoms with E-state index in [1.54, 1.807) is 0 Å². The van der Waals surface area contributed by atoms with Gasteiger partial charge in [-0.3, -0.25) is 0 Å². The quantitative estimate of drug-likeness (QED) is 0.681. The van der Waals surface area contributed by atoms with E-state index < -0.39 is 11.2 Å². The van der Waals surface area contributed by atoms with Crippen LogP contribution in [0.5, 0.6) is 0 Å². The van der Waals surface area contributed by atoms with E-state index in [9.17, 15) is 0 Å². The van der Waals surface area contributed by atoms with Crippen molar-refractivity contribution in [3.8, 4) is 11.5 Å². The molecule has 0 spiro atoms. The van der Waals surface area contributed by atoms with Gasteiger partial charge in [-0.2, -0.15) is 0 Å². The maximum atomic E-state index is 5.92. The lowest BCUT2D eigenvalue weighted by Gasteiger charge is -2.26. The minimum absolute atomic E-state index is 0.411. The molecular formula is C19H20N2O3. The molecule has 1 aromatic heterocycles. The molecule has 2 aromatic carbocycles. The van der Waals surface area contributed by atoms with Gasteiger partial charge in [-0.1, -0.05) is 12.1 Å². The maximum Gasteiger partial charge on any atom is 0.227 e. The van der Waals surface area contributed by atoms with Crippen molar-refractivity contribution >= 4 is 16.8 Å². The van der Waals surface area contributed by atoms with Crippen molar-refractivity contribution < 1.29 is 14.1 Å². The highest BCUT2D eigenvalue weighted by Crippen LogP contribution is 2.40. The molecule has 1 fully saturated rings. The lowest BCUT2D eigenvalue weighted by atomic mass is 9.90. The van der Waals surface area contributed by atoms with Gasteiger partial charge >= 0.3 is 0 Å². The van der Waals surface area contributed by atoms with Crippen LogP contribution in [0.3, 0.4) is 0 Å². The Hall–Kier alpha value is -2.37. The number of oxazole rings is 1. The lowest BCUT2D eigenvalue weighted by molar-refractivity contribution is -0.0272. The van der Waals surface area contributed by atoms with Gasteiger partial charge in [0.2, 0.25) is 5.89 Å². The topological polar surface area (TPSA) is 47.7 Å².